The topological polar surface area (TPSA) is 179 Å². The van der Waals surface area contributed by atoms with E-state index in [0.29, 0.717) is 44.8 Å². The lowest BCUT2D eigenvalue weighted by Crippen LogP contribution is -2.57. The lowest BCUT2D eigenvalue weighted by Gasteiger charge is -2.34. The van der Waals surface area contributed by atoms with Gasteiger partial charge in [-0.15, -0.1) is 4.98 Å². The third-order valence-electron chi connectivity index (χ3n) is 5.19. The van der Waals surface area contributed by atoms with Crippen molar-refractivity contribution in [2.45, 2.75) is 51.2 Å². The van der Waals surface area contributed by atoms with Gasteiger partial charge in [0.1, 0.15) is 6.10 Å². The summed E-state index contributed by atoms with van der Waals surface area (Å²) in [6.45, 7) is 5.71. The fourth-order valence-electron chi connectivity index (χ4n) is 3.71. The Morgan fingerprint density at radius 1 is 1.41 bits per heavy atom. The molecule has 1 amide bonds. The van der Waals surface area contributed by atoms with E-state index >= 15 is 0 Å². The van der Waals surface area contributed by atoms with Crippen molar-refractivity contribution in [3.05, 3.63) is 17.6 Å². The van der Waals surface area contributed by atoms with Gasteiger partial charge in [0.05, 0.1) is 19.3 Å². The number of anilines is 1. The molecule has 1 aromatic rings. The molecule has 0 aliphatic carbocycles. The van der Waals surface area contributed by atoms with Crippen molar-refractivity contribution < 1.29 is 46.5 Å². The fourth-order valence-corrected chi connectivity index (χ4v) is 4.05. The Morgan fingerprint density at radius 3 is 2.75 bits per heavy atom. The van der Waals surface area contributed by atoms with Crippen LogP contribution in [0.5, 0.6) is 0 Å². The van der Waals surface area contributed by atoms with E-state index < -0.39 is 28.2 Å². The van der Waals surface area contributed by atoms with Crippen LogP contribution in [-0.2, 0) is 30.2 Å². The Balaban J connectivity index is 0.00000363. The zero-order valence-corrected chi connectivity index (χ0v) is 18.9. The van der Waals surface area contributed by atoms with Crippen molar-refractivity contribution in [3.63, 3.8) is 0 Å². The largest absolute Gasteiger partial charge is 0.870 e. The number of hydrogen-bond donors (Lipinski definition) is 3. The first kappa shape index (κ1) is 26.2. The molecule has 32 heavy (non-hydrogen) atoms. The second-order valence-electron chi connectivity index (χ2n) is 7.25. The summed E-state index contributed by atoms with van der Waals surface area (Å²) in [5.74, 6) is 0.0121. The van der Waals surface area contributed by atoms with Crippen molar-refractivity contribution in [3.8, 4) is 0 Å². The number of amides is 1. The standard InChI is InChI=1S/C18H28N4O8S.H2O/c1-3-18(7-5-6-9-29-18)16-20-13(14-12-19-8-10-28-14)11-15(21-17(23)27-4-2)22(16)30-31(24,25)26;/h11,14,19H,3-10,12H2,1-2H3,(H,24,25,26);1H2. The van der Waals surface area contributed by atoms with Crippen LogP contribution >= 0.6 is 0 Å². The van der Waals surface area contributed by atoms with E-state index in [1.165, 1.54) is 6.07 Å². The summed E-state index contributed by atoms with van der Waals surface area (Å²) in [7, 11) is -4.95. The van der Waals surface area contributed by atoms with E-state index in [4.69, 9.17) is 18.5 Å². The monoisotopic (exact) mass is 478 g/mol. The van der Waals surface area contributed by atoms with Gasteiger partial charge in [-0.3, -0.25) is 4.55 Å². The molecule has 14 heteroatoms. The van der Waals surface area contributed by atoms with Crippen LogP contribution in [0, 0.1) is 0 Å². The molecule has 3 heterocycles. The van der Waals surface area contributed by atoms with E-state index in [9.17, 15) is 17.8 Å². The number of morpholine rings is 1. The Bertz CT molecular complexity index is 885. The molecule has 2 fully saturated rings. The van der Waals surface area contributed by atoms with Gasteiger partial charge in [-0.2, -0.15) is 8.42 Å². The van der Waals surface area contributed by atoms with Gasteiger partial charge in [-0.1, -0.05) is 6.92 Å². The number of rotatable bonds is 7. The minimum Gasteiger partial charge on any atom is -0.870 e. The molecule has 4 N–H and O–H groups in total. The number of carbonyl (C=O) groups excluding carboxylic acids is 1. The molecule has 0 saturated carbocycles. The van der Waals surface area contributed by atoms with Gasteiger partial charge in [0.25, 0.3) is 5.82 Å². The number of carbonyl (C=O) groups is 1. The van der Waals surface area contributed by atoms with Crippen LogP contribution in [0.4, 0.5) is 10.6 Å². The van der Waals surface area contributed by atoms with Crippen LogP contribution in [0.3, 0.4) is 0 Å². The molecule has 182 valence electrons. The number of hydrogen-bond acceptors (Lipinski definition) is 10. The number of nitrogens with zero attached hydrogens (tertiary/aromatic N) is 2. The zero-order valence-electron chi connectivity index (χ0n) is 18.1. The van der Waals surface area contributed by atoms with Crippen LogP contribution in [-0.4, -0.2) is 62.4 Å². The molecule has 0 spiro atoms. The second kappa shape index (κ2) is 11.2. The summed E-state index contributed by atoms with van der Waals surface area (Å²) in [4.78, 5) is 16.8. The molecule has 1 aromatic heterocycles. The molecule has 2 unspecified atom stereocenters. The molecule has 0 radical (unpaired) electrons. The summed E-state index contributed by atoms with van der Waals surface area (Å²) < 4.78 is 55.1. The second-order valence-corrected chi connectivity index (χ2v) is 8.25. The Labute approximate surface area is 186 Å². The van der Waals surface area contributed by atoms with Crippen LogP contribution in [0.15, 0.2) is 6.07 Å². The maximum atomic E-state index is 12.1. The van der Waals surface area contributed by atoms with Crippen LogP contribution < -0.4 is 19.6 Å². The maximum Gasteiger partial charge on any atom is 0.476 e. The first-order chi connectivity index (χ1) is 14.8. The first-order valence-electron chi connectivity index (χ1n) is 10.3. The molecular weight excluding hydrogens is 448 g/mol. The highest BCUT2D eigenvalue weighted by Crippen LogP contribution is 2.36. The minimum atomic E-state index is -4.95. The SMILES string of the molecule is CCOC(=O)Nc1cc(C2CNCCO2)nc(C2(CC)CCCCO2)[n+]1OS(=O)(=O)O.[OH-]. The quantitative estimate of drug-likeness (QED) is 0.366. The zero-order chi connectivity index (χ0) is 22.5. The Kier molecular flexibility index (Phi) is 9.12. The normalized spacial score (nSPS) is 23.7. The van der Waals surface area contributed by atoms with E-state index in [1.54, 1.807) is 6.92 Å². The molecule has 2 aliphatic rings. The minimum absolute atomic E-state index is 0. The van der Waals surface area contributed by atoms with Gasteiger partial charge >= 0.3 is 22.3 Å². The predicted molar refractivity (Wildman–Crippen MR) is 108 cm³/mol. The van der Waals surface area contributed by atoms with Gasteiger partial charge in [0.2, 0.25) is 0 Å². The Morgan fingerprint density at radius 2 is 2.19 bits per heavy atom. The van der Waals surface area contributed by atoms with Gasteiger partial charge in [-0.05, 0) is 37.3 Å². The highest BCUT2D eigenvalue weighted by Gasteiger charge is 2.45. The number of aromatic nitrogens is 2. The molecule has 2 saturated heterocycles. The third-order valence-corrected chi connectivity index (χ3v) is 5.53. The average Bonchev–Trinajstić information content (AvgIpc) is 2.75. The van der Waals surface area contributed by atoms with Gasteiger partial charge in [-0.25, -0.2) is 14.4 Å². The van der Waals surface area contributed by atoms with Crippen molar-refractivity contribution >= 4 is 22.3 Å². The third kappa shape index (κ3) is 6.24. The van der Waals surface area contributed by atoms with E-state index in [-0.39, 0.29) is 23.7 Å². The van der Waals surface area contributed by atoms with Gasteiger partial charge < -0.3 is 25.0 Å². The van der Waals surface area contributed by atoms with Gasteiger partial charge in [0.15, 0.2) is 11.3 Å². The first-order valence-corrected chi connectivity index (χ1v) is 11.7. The highest BCUT2D eigenvalue weighted by atomic mass is 32.3. The molecular formula is C18H30N4O9S. The molecule has 0 aromatic carbocycles. The lowest BCUT2D eigenvalue weighted by molar-refractivity contribution is -0.857. The van der Waals surface area contributed by atoms with Crippen LogP contribution in [0.2, 0.25) is 0 Å². The summed E-state index contributed by atoms with van der Waals surface area (Å²) in [5, 5.41) is 5.67. The molecule has 2 aliphatic heterocycles. The summed E-state index contributed by atoms with van der Waals surface area (Å²) in [5.41, 5.74) is -0.530. The van der Waals surface area contributed by atoms with E-state index in [1.807, 2.05) is 6.92 Å². The summed E-state index contributed by atoms with van der Waals surface area (Å²) >= 11 is 0. The maximum absolute atomic E-state index is 12.1. The summed E-state index contributed by atoms with van der Waals surface area (Å²) in [6, 6.07) is 1.43. The lowest BCUT2D eigenvalue weighted by atomic mass is 9.90. The fraction of sp³-hybridized carbons (Fsp3) is 0.722. The number of nitrogens with one attached hydrogen (secondary N) is 2. The van der Waals surface area contributed by atoms with Crippen LogP contribution in [0.1, 0.15) is 57.2 Å². The van der Waals surface area contributed by atoms with Gasteiger partial charge in [0, 0.05) is 19.7 Å². The summed E-state index contributed by atoms with van der Waals surface area (Å²) in [6.07, 6.45) is 1.43. The number of ether oxygens (including phenoxy) is 3. The van der Waals surface area contributed by atoms with Crippen molar-refractivity contribution in [1.29, 1.82) is 0 Å². The molecule has 2 atom stereocenters. The van der Waals surface area contributed by atoms with Crippen LogP contribution in [0.25, 0.3) is 0 Å². The highest BCUT2D eigenvalue weighted by molar-refractivity contribution is 7.80. The molecule has 3 rings (SSSR count). The Hall–Kier alpha value is -2.10. The van der Waals surface area contributed by atoms with Crippen molar-refractivity contribution in [1.82, 2.24) is 10.3 Å². The van der Waals surface area contributed by atoms with E-state index in [2.05, 4.69) is 15.6 Å². The molecule has 0 bridgehead atoms. The van der Waals surface area contributed by atoms with Crippen molar-refractivity contribution in [2.24, 2.45) is 0 Å². The average molecular weight is 479 g/mol. The smallest absolute Gasteiger partial charge is 0.476 e. The predicted octanol–water partition coefficient (Wildman–Crippen LogP) is 0.459. The van der Waals surface area contributed by atoms with E-state index in [0.717, 1.165) is 17.6 Å². The molecule has 13 nitrogen and oxygen atoms in total. The van der Waals surface area contributed by atoms with Crippen molar-refractivity contribution in [2.75, 3.05) is 38.2 Å².